The maximum atomic E-state index is 12.3. The van der Waals surface area contributed by atoms with Gasteiger partial charge in [-0.1, -0.05) is 0 Å². The van der Waals surface area contributed by atoms with E-state index >= 15 is 0 Å². The maximum absolute atomic E-state index is 12.3. The predicted octanol–water partition coefficient (Wildman–Crippen LogP) is 0.291. The summed E-state index contributed by atoms with van der Waals surface area (Å²) in [7, 11) is 1.65. The summed E-state index contributed by atoms with van der Waals surface area (Å²) in [4.78, 5) is 25.9. The third-order valence-corrected chi connectivity index (χ3v) is 3.63. The van der Waals surface area contributed by atoms with E-state index in [0.29, 0.717) is 6.54 Å². The number of rotatable bonds is 2. The number of aliphatic hydroxyl groups excluding tert-OH is 1. The fraction of sp³-hybridized carbons (Fsp3) is 0.538. The molecule has 1 aliphatic rings. The zero-order valence-electron chi connectivity index (χ0n) is 10.7. The van der Waals surface area contributed by atoms with Crippen molar-refractivity contribution in [2.24, 2.45) is 7.05 Å². The molecule has 1 saturated heterocycles. The molecular weight excluding hydrogens is 232 g/mol. The lowest BCUT2D eigenvalue weighted by atomic mass is 10.2. The molecule has 5 nitrogen and oxygen atoms in total. The molecule has 1 fully saturated rings. The Balaban J connectivity index is 2.35. The van der Waals surface area contributed by atoms with Gasteiger partial charge in [0.2, 0.25) is 0 Å². The standard InChI is InChI=1S/C13H18N2O3/c1-9-5-6-11(12(17)14(9)2)13(18)15-7-3-4-10(15)8-16/h5-6,10,16H,3-4,7-8H2,1-2H3/t10-/m1/s1. The second-order valence-corrected chi connectivity index (χ2v) is 4.73. The van der Waals surface area contributed by atoms with Gasteiger partial charge in [0.25, 0.3) is 11.5 Å². The molecule has 2 heterocycles. The van der Waals surface area contributed by atoms with Gasteiger partial charge in [0, 0.05) is 19.3 Å². The van der Waals surface area contributed by atoms with Crippen LogP contribution in [-0.2, 0) is 7.05 Å². The normalized spacial score (nSPS) is 19.3. The third kappa shape index (κ3) is 2.06. The van der Waals surface area contributed by atoms with Crippen molar-refractivity contribution in [1.82, 2.24) is 9.47 Å². The summed E-state index contributed by atoms with van der Waals surface area (Å²) >= 11 is 0. The van der Waals surface area contributed by atoms with Gasteiger partial charge in [-0.15, -0.1) is 0 Å². The zero-order chi connectivity index (χ0) is 13.3. The predicted molar refractivity (Wildman–Crippen MR) is 67.6 cm³/mol. The first-order valence-corrected chi connectivity index (χ1v) is 6.14. The molecule has 18 heavy (non-hydrogen) atoms. The van der Waals surface area contributed by atoms with E-state index < -0.39 is 0 Å². The molecule has 0 bridgehead atoms. The van der Waals surface area contributed by atoms with E-state index in [0.717, 1.165) is 18.5 Å². The van der Waals surface area contributed by atoms with Gasteiger partial charge in [-0.2, -0.15) is 0 Å². The monoisotopic (exact) mass is 250 g/mol. The van der Waals surface area contributed by atoms with Crippen molar-refractivity contribution < 1.29 is 9.90 Å². The number of carbonyl (C=O) groups is 1. The molecule has 1 atom stereocenters. The van der Waals surface area contributed by atoms with Gasteiger partial charge in [-0.3, -0.25) is 9.59 Å². The van der Waals surface area contributed by atoms with Gasteiger partial charge < -0.3 is 14.6 Å². The van der Waals surface area contributed by atoms with Crippen LogP contribution in [-0.4, -0.2) is 39.7 Å². The van der Waals surface area contributed by atoms with E-state index in [2.05, 4.69) is 0 Å². The van der Waals surface area contributed by atoms with Gasteiger partial charge >= 0.3 is 0 Å². The fourth-order valence-corrected chi connectivity index (χ4v) is 2.34. The molecule has 2 rings (SSSR count). The second kappa shape index (κ2) is 4.94. The number of amides is 1. The molecule has 1 aromatic rings. The van der Waals surface area contributed by atoms with Crippen molar-refractivity contribution in [3.8, 4) is 0 Å². The smallest absolute Gasteiger partial charge is 0.263 e. The molecule has 0 saturated carbocycles. The molecular formula is C13H18N2O3. The molecule has 0 aromatic carbocycles. The Morgan fingerprint density at radius 1 is 1.50 bits per heavy atom. The van der Waals surface area contributed by atoms with Crippen LogP contribution in [0.15, 0.2) is 16.9 Å². The SMILES string of the molecule is Cc1ccc(C(=O)N2CCC[C@@H]2CO)c(=O)n1C. The highest BCUT2D eigenvalue weighted by molar-refractivity contribution is 5.94. The summed E-state index contributed by atoms with van der Waals surface area (Å²) in [6.45, 7) is 2.39. The minimum absolute atomic E-state index is 0.0437. The Kier molecular flexibility index (Phi) is 3.52. The van der Waals surface area contributed by atoms with Crippen LogP contribution in [0.25, 0.3) is 0 Å². The van der Waals surface area contributed by atoms with E-state index in [4.69, 9.17) is 0 Å². The number of carbonyl (C=O) groups excluding carboxylic acids is 1. The number of aromatic nitrogens is 1. The first-order chi connectivity index (χ1) is 8.56. The van der Waals surface area contributed by atoms with E-state index in [9.17, 15) is 14.7 Å². The van der Waals surface area contributed by atoms with E-state index in [1.165, 1.54) is 4.57 Å². The van der Waals surface area contributed by atoms with Crippen LogP contribution in [0.4, 0.5) is 0 Å². The van der Waals surface area contributed by atoms with Crippen LogP contribution < -0.4 is 5.56 Å². The first-order valence-electron chi connectivity index (χ1n) is 6.14. The van der Waals surface area contributed by atoms with Crippen molar-refractivity contribution in [2.75, 3.05) is 13.2 Å². The number of hydrogen-bond donors (Lipinski definition) is 1. The van der Waals surface area contributed by atoms with Crippen LogP contribution in [0, 0.1) is 6.92 Å². The zero-order valence-corrected chi connectivity index (χ0v) is 10.7. The lowest BCUT2D eigenvalue weighted by molar-refractivity contribution is 0.0675. The molecule has 98 valence electrons. The van der Waals surface area contributed by atoms with Crippen LogP contribution in [0.3, 0.4) is 0 Å². The van der Waals surface area contributed by atoms with Gasteiger partial charge in [-0.05, 0) is 31.9 Å². The summed E-state index contributed by atoms with van der Waals surface area (Å²) < 4.78 is 1.47. The average Bonchev–Trinajstić information content (AvgIpc) is 2.83. The fourth-order valence-electron chi connectivity index (χ4n) is 2.34. The molecule has 1 aromatic heterocycles. The molecule has 0 aliphatic carbocycles. The van der Waals surface area contributed by atoms with Crippen molar-refractivity contribution in [2.45, 2.75) is 25.8 Å². The number of pyridine rings is 1. The Bertz CT molecular complexity index is 521. The third-order valence-electron chi connectivity index (χ3n) is 3.63. The van der Waals surface area contributed by atoms with Gasteiger partial charge in [-0.25, -0.2) is 0 Å². The maximum Gasteiger partial charge on any atom is 0.263 e. The highest BCUT2D eigenvalue weighted by Crippen LogP contribution is 2.18. The Morgan fingerprint density at radius 3 is 2.89 bits per heavy atom. The summed E-state index contributed by atoms with van der Waals surface area (Å²) in [6, 6.07) is 3.19. The van der Waals surface area contributed by atoms with Crippen molar-refractivity contribution in [3.05, 3.63) is 33.7 Å². The molecule has 0 unspecified atom stereocenters. The Morgan fingerprint density at radius 2 is 2.22 bits per heavy atom. The minimum Gasteiger partial charge on any atom is -0.394 e. The molecule has 1 amide bonds. The van der Waals surface area contributed by atoms with Crippen molar-refractivity contribution in [1.29, 1.82) is 0 Å². The summed E-state index contributed by atoms with van der Waals surface area (Å²) in [5.41, 5.74) is 0.726. The molecule has 0 radical (unpaired) electrons. The summed E-state index contributed by atoms with van der Waals surface area (Å²) in [6.07, 6.45) is 1.68. The lowest BCUT2D eigenvalue weighted by Gasteiger charge is -2.23. The topological polar surface area (TPSA) is 62.5 Å². The van der Waals surface area contributed by atoms with E-state index in [1.54, 1.807) is 24.1 Å². The van der Waals surface area contributed by atoms with Crippen molar-refractivity contribution in [3.63, 3.8) is 0 Å². The van der Waals surface area contributed by atoms with Crippen LogP contribution in [0.1, 0.15) is 28.9 Å². The molecule has 1 N–H and O–H groups in total. The van der Waals surface area contributed by atoms with Gasteiger partial charge in [0.15, 0.2) is 0 Å². The van der Waals surface area contributed by atoms with Crippen LogP contribution >= 0.6 is 0 Å². The number of likely N-dealkylation sites (tertiary alicyclic amines) is 1. The highest BCUT2D eigenvalue weighted by Gasteiger charge is 2.30. The number of hydrogen-bond acceptors (Lipinski definition) is 3. The molecule has 0 spiro atoms. The quantitative estimate of drug-likeness (QED) is 0.820. The van der Waals surface area contributed by atoms with Gasteiger partial charge in [0.05, 0.1) is 12.6 Å². The second-order valence-electron chi connectivity index (χ2n) is 4.73. The van der Waals surface area contributed by atoms with Crippen LogP contribution in [0.5, 0.6) is 0 Å². The molecule has 1 aliphatic heterocycles. The number of aliphatic hydroxyl groups is 1. The van der Waals surface area contributed by atoms with Gasteiger partial charge in [0.1, 0.15) is 5.56 Å². The summed E-state index contributed by atoms with van der Waals surface area (Å²) in [5, 5.41) is 9.22. The summed E-state index contributed by atoms with van der Waals surface area (Å²) in [5.74, 6) is -0.271. The average molecular weight is 250 g/mol. The largest absolute Gasteiger partial charge is 0.394 e. The number of aryl methyl sites for hydroxylation is 1. The first kappa shape index (κ1) is 12.8. The van der Waals surface area contributed by atoms with Crippen LogP contribution in [0.2, 0.25) is 0 Å². The lowest BCUT2D eigenvalue weighted by Crippen LogP contribution is -2.41. The van der Waals surface area contributed by atoms with Crippen molar-refractivity contribution >= 4 is 5.91 Å². The minimum atomic E-state index is -0.274. The Labute approximate surface area is 106 Å². The number of nitrogens with zero attached hydrogens (tertiary/aromatic N) is 2. The van der Waals surface area contributed by atoms with E-state index in [1.807, 2.05) is 6.92 Å². The Hall–Kier alpha value is -1.62. The molecule has 5 heteroatoms. The van der Waals surface area contributed by atoms with E-state index in [-0.39, 0.29) is 29.7 Å². The highest BCUT2D eigenvalue weighted by atomic mass is 16.3.